The normalized spacial score (nSPS) is 15.3. The average Bonchev–Trinajstić information content (AvgIpc) is 2.90. The molecule has 0 bridgehead atoms. The fourth-order valence-electron chi connectivity index (χ4n) is 3.73. The number of hydrogen-bond donors (Lipinski definition) is 1. The van der Waals surface area contributed by atoms with Gasteiger partial charge in [-0.15, -0.1) is 6.58 Å². The first kappa shape index (κ1) is 25.5. The predicted molar refractivity (Wildman–Crippen MR) is 133 cm³/mol. The minimum atomic E-state index is -3.60. The maximum Gasteiger partial charge on any atom is 0.255 e. The van der Waals surface area contributed by atoms with Gasteiger partial charge in [0.05, 0.1) is 16.0 Å². The molecule has 0 radical (unpaired) electrons. The van der Waals surface area contributed by atoms with Gasteiger partial charge < -0.3 is 15.0 Å². The number of nitrogens with zero attached hydrogens (tertiary/aromatic N) is 2. The van der Waals surface area contributed by atoms with Gasteiger partial charge in [0.15, 0.2) is 0 Å². The van der Waals surface area contributed by atoms with Crippen molar-refractivity contribution >= 4 is 33.2 Å². The molecule has 0 aliphatic carbocycles. The molecule has 2 aromatic rings. The first-order valence-corrected chi connectivity index (χ1v) is 12.6. The molecule has 3 rings (SSSR count). The summed E-state index contributed by atoms with van der Waals surface area (Å²) in [6, 6.07) is 10.9. The van der Waals surface area contributed by atoms with E-state index in [9.17, 15) is 18.0 Å². The van der Waals surface area contributed by atoms with Crippen LogP contribution in [0.25, 0.3) is 0 Å². The highest BCUT2D eigenvalue weighted by Crippen LogP contribution is 2.38. The van der Waals surface area contributed by atoms with Crippen LogP contribution in [0.15, 0.2) is 60.0 Å². The Kier molecular flexibility index (Phi) is 7.48. The van der Waals surface area contributed by atoms with E-state index in [-0.39, 0.29) is 17.4 Å². The molecule has 182 valence electrons. The van der Waals surface area contributed by atoms with Crippen LogP contribution < -0.4 is 15.0 Å². The van der Waals surface area contributed by atoms with E-state index in [4.69, 9.17) is 4.74 Å². The minimum absolute atomic E-state index is 0.0976. The lowest BCUT2D eigenvalue weighted by Gasteiger charge is -2.27. The number of nitrogens with one attached hydrogen (secondary N) is 1. The SMILES string of the molecule is C=CCN1C(=O)C(C)(C)COc2ccc(NC(=O)c3ccc(S(=O)(=O)N(CC)CC)cc3)cc21. The van der Waals surface area contributed by atoms with Crippen LogP contribution in [0, 0.1) is 5.41 Å². The van der Waals surface area contributed by atoms with Gasteiger partial charge in [0.1, 0.15) is 12.4 Å². The third kappa shape index (κ3) is 5.00. The molecule has 1 heterocycles. The third-order valence-electron chi connectivity index (χ3n) is 5.69. The van der Waals surface area contributed by atoms with Crippen LogP contribution in [0.5, 0.6) is 5.75 Å². The number of ether oxygens (including phenoxy) is 1. The van der Waals surface area contributed by atoms with Crippen molar-refractivity contribution in [3.05, 3.63) is 60.7 Å². The lowest BCUT2D eigenvalue weighted by molar-refractivity contribution is -0.127. The van der Waals surface area contributed by atoms with E-state index in [0.717, 1.165) is 0 Å². The minimum Gasteiger partial charge on any atom is -0.490 e. The van der Waals surface area contributed by atoms with Crippen molar-refractivity contribution in [1.82, 2.24) is 4.31 Å². The number of sulfonamides is 1. The number of rotatable bonds is 8. The van der Waals surface area contributed by atoms with Crippen LogP contribution in [0.3, 0.4) is 0 Å². The fourth-order valence-corrected chi connectivity index (χ4v) is 5.19. The summed E-state index contributed by atoms with van der Waals surface area (Å²) in [7, 11) is -3.60. The molecular formula is C25H31N3O5S. The Morgan fingerprint density at radius 2 is 1.82 bits per heavy atom. The number of anilines is 2. The number of hydrogen-bond acceptors (Lipinski definition) is 5. The van der Waals surface area contributed by atoms with E-state index in [2.05, 4.69) is 11.9 Å². The van der Waals surface area contributed by atoms with Crippen molar-refractivity contribution in [2.45, 2.75) is 32.6 Å². The van der Waals surface area contributed by atoms with Crippen molar-refractivity contribution in [3.8, 4) is 5.75 Å². The second-order valence-electron chi connectivity index (χ2n) is 8.63. The quantitative estimate of drug-likeness (QED) is 0.572. The summed E-state index contributed by atoms with van der Waals surface area (Å²) in [5, 5.41) is 2.81. The first-order valence-electron chi connectivity index (χ1n) is 11.2. The second-order valence-corrected chi connectivity index (χ2v) is 10.6. The predicted octanol–water partition coefficient (Wildman–Crippen LogP) is 3.91. The summed E-state index contributed by atoms with van der Waals surface area (Å²) in [4.78, 5) is 27.6. The van der Waals surface area contributed by atoms with E-state index >= 15 is 0 Å². The van der Waals surface area contributed by atoms with Crippen LogP contribution in [-0.4, -0.2) is 50.8 Å². The number of carbonyl (C=O) groups excluding carboxylic acids is 2. The molecule has 1 aliphatic heterocycles. The van der Waals surface area contributed by atoms with Gasteiger partial charge in [-0.3, -0.25) is 9.59 Å². The van der Waals surface area contributed by atoms with Crippen LogP contribution in [0.4, 0.5) is 11.4 Å². The first-order chi connectivity index (χ1) is 16.0. The van der Waals surface area contributed by atoms with Crippen molar-refractivity contribution in [1.29, 1.82) is 0 Å². The van der Waals surface area contributed by atoms with Crippen LogP contribution in [0.1, 0.15) is 38.1 Å². The molecule has 1 aliphatic rings. The Hall–Kier alpha value is -3.17. The van der Waals surface area contributed by atoms with E-state index in [0.29, 0.717) is 42.3 Å². The van der Waals surface area contributed by atoms with Gasteiger partial charge in [0, 0.05) is 30.9 Å². The van der Waals surface area contributed by atoms with Gasteiger partial charge in [-0.25, -0.2) is 8.42 Å². The number of amides is 2. The molecule has 9 heteroatoms. The lowest BCUT2D eigenvalue weighted by Crippen LogP contribution is -2.42. The molecule has 0 aromatic heterocycles. The number of carbonyl (C=O) groups is 2. The Morgan fingerprint density at radius 3 is 2.41 bits per heavy atom. The highest BCUT2D eigenvalue weighted by atomic mass is 32.2. The summed E-state index contributed by atoms with van der Waals surface area (Å²) in [6.07, 6.45) is 1.64. The van der Waals surface area contributed by atoms with Crippen LogP contribution in [0.2, 0.25) is 0 Å². The van der Waals surface area contributed by atoms with Crippen molar-refractivity contribution in [2.75, 3.05) is 36.5 Å². The number of fused-ring (bicyclic) bond motifs is 1. The van der Waals surface area contributed by atoms with E-state index in [1.807, 2.05) is 13.8 Å². The summed E-state index contributed by atoms with van der Waals surface area (Å²) >= 11 is 0. The monoisotopic (exact) mass is 485 g/mol. The molecule has 2 amide bonds. The smallest absolute Gasteiger partial charge is 0.255 e. The van der Waals surface area contributed by atoms with Crippen LogP contribution in [-0.2, 0) is 14.8 Å². The van der Waals surface area contributed by atoms with Gasteiger partial charge in [0.2, 0.25) is 15.9 Å². The standard InChI is InChI=1S/C25H31N3O5S/c1-6-15-28-21-16-19(11-14-22(21)33-17-25(4,5)24(28)30)26-23(29)18-9-12-20(13-10-18)34(31,32)27(7-2)8-3/h6,9-14,16H,1,7-8,15,17H2,2-5H3,(H,26,29). The molecule has 34 heavy (non-hydrogen) atoms. The van der Waals surface area contributed by atoms with Gasteiger partial charge in [-0.1, -0.05) is 19.9 Å². The zero-order valence-electron chi connectivity index (χ0n) is 20.0. The summed E-state index contributed by atoms with van der Waals surface area (Å²) in [5.74, 6) is 0.0487. The van der Waals surface area contributed by atoms with E-state index < -0.39 is 21.3 Å². The topological polar surface area (TPSA) is 96.0 Å². The maximum absolute atomic E-state index is 13.0. The lowest BCUT2D eigenvalue weighted by atomic mass is 9.93. The van der Waals surface area contributed by atoms with Crippen molar-refractivity contribution in [3.63, 3.8) is 0 Å². The zero-order chi connectivity index (χ0) is 25.1. The summed E-state index contributed by atoms with van der Waals surface area (Å²) in [6.45, 7) is 12.2. The largest absolute Gasteiger partial charge is 0.490 e. The summed E-state index contributed by atoms with van der Waals surface area (Å²) in [5.41, 5.74) is 0.631. The zero-order valence-corrected chi connectivity index (χ0v) is 20.8. The Labute approximate surface area is 201 Å². The highest BCUT2D eigenvalue weighted by molar-refractivity contribution is 7.89. The van der Waals surface area contributed by atoms with Gasteiger partial charge in [-0.2, -0.15) is 4.31 Å². The van der Waals surface area contributed by atoms with Gasteiger partial charge in [-0.05, 0) is 56.3 Å². The molecule has 2 aromatic carbocycles. The molecule has 0 saturated carbocycles. The third-order valence-corrected chi connectivity index (χ3v) is 7.76. The molecule has 8 nitrogen and oxygen atoms in total. The van der Waals surface area contributed by atoms with E-state index in [1.54, 1.807) is 43.0 Å². The Morgan fingerprint density at radius 1 is 1.18 bits per heavy atom. The molecule has 0 saturated heterocycles. The molecule has 0 atom stereocenters. The molecule has 1 N–H and O–H groups in total. The summed E-state index contributed by atoms with van der Waals surface area (Å²) < 4.78 is 32.5. The average molecular weight is 486 g/mol. The molecule has 0 fully saturated rings. The van der Waals surface area contributed by atoms with Crippen molar-refractivity contribution in [2.24, 2.45) is 5.41 Å². The fraction of sp³-hybridized carbons (Fsp3) is 0.360. The van der Waals surface area contributed by atoms with Gasteiger partial charge >= 0.3 is 0 Å². The van der Waals surface area contributed by atoms with Gasteiger partial charge in [0.25, 0.3) is 5.91 Å². The van der Waals surface area contributed by atoms with Crippen LogP contribution >= 0.6 is 0 Å². The highest BCUT2D eigenvalue weighted by Gasteiger charge is 2.37. The second kappa shape index (κ2) is 9.99. The molecule has 0 spiro atoms. The maximum atomic E-state index is 13.0. The van der Waals surface area contributed by atoms with E-state index in [1.165, 1.54) is 28.6 Å². The molecular weight excluding hydrogens is 454 g/mol. The molecule has 0 unspecified atom stereocenters. The number of benzene rings is 2. The Bertz CT molecular complexity index is 1190. The Balaban J connectivity index is 1.85. The van der Waals surface area contributed by atoms with Crippen molar-refractivity contribution < 1.29 is 22.7 Å².